The highest BCUT2D eigenvalue weighted by Gasteiger charge is 2.23. The minimum atomic E-state index is -0.732. The van der Waals surface area contributed by atoms with Crippen molar-refractivity contribution >= 4 is 23.7 Å². The smallest absolute Gasteiger partial charge is 0.319 e. The van der Waals surface area contributed by atoms with E-state index >= 15 is 0 Å². The standard InChI is InChI=1S/C22H22F3N3O2/c23-16-5-1-6-17(12-16)27-22(30)26-13-15-4-3-11-28(14-15)21(29)10-9-18-19(24)7-2-8-20(18)25/h1-2,5-10,12,15H,3-4,11,13-14H2,(H2,26,27,30)/b10-9+. The fourth-order valence-corrected chi connectivity index (χ4v) is 3.34. The second-order valence-electron chi connectivity index (χ2n) is 7.11. The number of likely N-dealkylation sites (tertiary alicyclic amines) is 1. The Morgan fingerprint density at radius 3 is 2.57 bits per heavy atom. The van der Waals surface area contributed by atoms with E-state index in [1.807, 2.05) is 0 Å². The number of halogens is 3. The normalized spacial score (nSPS) is 16.5. The summed E-state index contributed by atoms with van der Waals surface area (Å²) in [4.78, 5) is 26.0. The van der Waals surface area contributed by atoms with Gasteiger partial charge in [0.2, 0.25) is 5.91 Å². The number of benzene rings is 2. The van der Waals surface area contributed by atoms with Crippen molar-refractivity contribution in [1.29, 1.82) is 0 Å². The summed E-state index contributed by atoms with van der Waals surface area (Å²) in [5, 5.41) is 5.28. The molecule has 1 fully saturated rings. The maximum atomic E-state index is 13.7. The molecule has 0 bridgehead atoms. The van der Waals surface area contributed by atoms with Crippen LogP contribution in [0.3, 0.4) is 0 Å². The molecule has 2 aromatic carbocycles. The lowest BCUT2D eigenvalue weighted by Crippen LogP contribution is -2.43. The Morgan fingerprint density at radius 2 is 1.83 bits per heavy atom. The first kappa shape index (κ1) is 21.4. The summed E-state index contributed by atoms with van der Waals surface area (Å²) in [5.41, 5.74) is 0.0913. The summed E-state index contributed by atoms with van der Waals surface area (Å²) in [6.07, 6.45) is 3.89. The maximum Gasteiger partial charge on any atom is 0.319 e. The Hall–Kier alpha value is -3.29. The quantitative estimate of drug-likeness (QED) is 0.717. The number of amides is 3. The van der Waals surface area contributed by atoms with E-state index in [0.29, 0.717) is 25.3 Å². The zero-order chi connectivity index (χ0) is 21.5. The van der Waals surface area contributed by atoms with Crippen LogP contribution in [0.15, 0.2) is 48.5 Å². The van der Waals surface area contributed by atoms with Gasteiger partial charge in [-0.2, -0.15) is 0 Å². The van der Waals surface area contributed by atoms with Gasteiger partial charge in [-0.1, -0.05) is 12.1 Å². The molecule has 0 aromatic heterocycles. The van der Waals surface area contributed by atoms with Gasteiger partial charge in [-0.05, 0) is 55.2 Å². The zero-order valence-corrected chi connectivity index (χ0v) is 16.2. The monoisotopic (exact) mass is 417 g/mol. The van der Waals surface area contributed by atoms with E-state index < -0.39 is 23.5 Å². The minimum Gasteiger partial charge on any atom is -0.339 e. The molecule has 2 aromatic rings. The third-order valence-corrected chi connectivity index (χ3v) is 4.86. The molecule has 3 amide bonds. The van der Waals surface area contributed by atoms with Crippen molar-refractivity contribution in [3.63, 3.8) is 0 Å². The Morgan fingerprint density at radius 1 is 1.10 bits per heavy atom. The second-order valence-corrected chi connectivity index (χ2v) is 7.11. The van der Waals surface area contributed by atoms with Gasteiger partial charge in [0.1, 0.15) is 17.5 Å². The number of piperidine rings is 1. The predicted molar refractivity (Wildman–Crippen MR) is 108 cm³/mol. The van der Waals surface area contributed by atoms with Crippen molar-refractivity contribution in [2.24, 2.45) is 5.92 Å². The van der Waals surface area contributed by atoms with Gasteiger partial charge in [0.25, 0.3) is 0 Å². The summed E-state index contributed by atoms with van der Waals surface area (Å²) in [5.74, 6) is -2.21. The lowest BCUT2D eigenvalue weighted by Gasteiger charge is -2.32. The van der Waals surface area contributed by atoms with Crippen LogP contribution in [0.1, 0.15) is 18.4 Å². The average Bonchev–Trinajstić information content (AvgIpc) is 2.72. The number of rotatable bonds is 5. The number of hydrogen-bond donors (Lipinski definition) is 2. The Labute approximate surface area is 172 Å². The molecule has 0 spiro atoms. The molecule has 158 valence electrons. The fraction of sp³-hybridized carbons (Fsp3) is 0.273. The third-order valence-electron chi connectivity index (χ3n) is 4.86. The number of anilines is 1. The van der Waals surface area contributed by atoms with Gasteiger partial charge in [-0.25, -0.2) is 18.0 Å². The number of carbonyl (C=O) groups is 2. The number of nitrogens with one attached hydrogen (secondary N) is 2. The molecule has 1 aliphatic heterocycles. The van der Waals surface area contributed by atoms with Gasteiger partial charge in [-0.3, -0.25) is 4.79 Å². The molecule has 1 atom stereocenters. The van der Waals surface area contributed by atoms with Crippen LogP contribution in [0.4, 0.5) is 23.7 Å². The van der Waals surface area contributed by atoms with Gasteiger partial charge in [-0.15, -0.1) is 0 Å². The molecule has 30 heavy (non-hydrogen) atoms. The largest absolute Gasteiger partial charge is 0.339 e. The average molecular weight is 417 g/mol. The predicted octanol–water partition coefficient (Wildman–Crippen LogP) is 4.18. The van der Waals surface area contributed by atoms with E-state index in [-0.39, 0.29) is 17.4 Å². The lowest BCUT2D eigenvalue weighted by molar-refractivity contribution is -0.127. The number of nitrogens with zero attached hydrogens (tertiary/aromatic N) is 1. The van der Waals surface area contributed by atoms with Crippen LogP contribution in [0.2, 0.25) is 0 Å². The summed E-state index contributed by atoms with van der Waals surface area (Å²) < 4.78 is 40.5. The van der Waals surface area contributed by atoms with Crippen molar-refractivity contribution in [1.82, 2.24) is 10.2 Å². The first-order chi connectivity index (χ1) is 14.4. The van der Waals surface area contributed by atoms with Gasteiger partial charge < -0.3 is 15.5 Å². The molecule has 0 saturated carbocycles. The van der Waals surface area contributed by atoms with Gasteiger partial charge in [0, 0.05) is 37.0 Å². The first-order valence-corrected chi connectivity index (χ1v) is 9.64. The van der Waals surface area contributed by atoms with Crippen LogP contribution in [0.25, 0.3) is 6.08 Å². The van der Waals surface area contributed by atoms with Crippen molar-refractivity contribution in [2.75, 3.05) is 25.0 Å². The molecule has 8 heteroatoms. The van der Waals surface area contributed by atoms with E-state index in [0.717, 1.165) is 37.1 Å². The minimum absolute atomic E-state index is 0.0413. The van der Waals surface area contributed by atoms with E-state index in [4.69, 9.17) is 0 Å². The molecule has 0 radical (unpaired) electrons. The van der Waals surface area contributed by atoms with E-state index in [2.05, 4.69) is 10.6 Å². The van der Waals surface area contributed by atoms with Crippen LogP contribution in [0, 0.1) is 23.4 Å². The third kappa shape index (κ3) is 5.85. The molecule has 1 saturated heterocycles. The molecule has 3 rings (SSSR count). The van der Waals surface area contributed by atoms with Crippen LogP contribution in [0.5, 0.6) is 0 Å². The summed E-state index contributed by atoms with van der Waals surface area (Å²) in [6.45, 7) is 1.30. The summed E-state index contributed by atoms with van der Waals surface area (Å²) in [6, 6.07) is 8.63. The molecular weight excluding hydrogens is 395 g/mol. The highest BCUT2D eigenvalue weighted by atomic mass is 19.1. The Balaban J connectivity index is 1.50. The number of hydrogen-bond acceptors (Lipinski definition) is 2. The molecule has 1 unspecified atom stereocenters. The summed E-state index contributed by atoms with van der Waals surface area (Å²) in [7, 11) is 0. The molecule has 2 N–H and O–H groups in total. The first-order valence-electron chi connectivity index (χ1n) is 9.64. The molecule has 0 aliphatic carbocycles. The van der Waals surface area contributed by atoms with E-state index in [9.17, 15) is 22.8 Å². The fourth-order valence-electron chi connectivity index (χ4n) is 3.34. The SMILES string of the molecule is O=C(NCC1CCCN(C(=O)/C=C/c2c(F)cccc2F)C1)Nc1cccc(F)c1. The molecular formula is C22H22F3N3O2. The number of carbonyl (C=O) groups excluding carboxylic acids is 2. The Bertz CT molecular complexity index is 929. The van der Waals surface area contributed by atoms with Crippen molar-refractivity contribution in [2.45, 2.75) is 12.8 Å². The lowest BCUT2D eigenvalue weighted by atomic mass is 9.98. The van der Waals surface area contributed by atoms with Gasteiger partial charge in [0.15, 0.2) is 0 Å². The van der Waals surface area contributed by atoms with Crippen LogP contribution in [-0.4, -0.2) is 36.5 Å². The van der Waals surface area contributed by atoms with Crippen LogP contribution < -0.4 is 10.6 Å². The molecule has 5 nitrogen and oxygen atoms in total. The second kappa shape index (κ2) is 9.96. The van der Waals surface area contributed by atoms with E-state index in [1.54, 1.807) is 11.0 Å². The Kier molecular flexibility index (Phi) is 7.11. The molecule has 1 heterocycles. The maximum absolute atomic E-state index is 13.7. The topological polar surface area (TPSA) is 61.4 Å². The summed E-state index contributed by atoms with van der Waals surface area (Å²) >= 11 is 0. The van der Waals surface area contributed by atoms with Crippen LogP contribution in [-0.2, 0) is 4.79 Å². The highest BCUT2D eigenvalue weighted by Crippen LogP contribution is 2.18. The number of urea groups is 1. The van der Waals surface area contributed by atoms with Crippen LogP contribution >= 0.6 is 0 Å². The zero-order valence-electron chi connectivity index (χ0n) is 16.2. The van der Waals surface area contributed by atoms with Gasteiger partial charge >= 0.3 is 6.03 Å². The highest BCUT2D eigenvalue weighted by molar-refractivity contribution is 5.92. The van der Waals surface area contributed by atoms with Crippen molar-refractivity contribution in [3.05, 3.63) is 71.6 Å². The van der Waals surface area contributed by atoms with Crippen molar-refractivity contribution < 1.29 is 22.8 Å². The van der Waals surface area contributed by atoms with Crippen molar-refractivity contribution in [3.8, 4) is 0 Å². The van der Waals surface area contributed by atoms with E-state index in [1.165, 1.54) is 24.3 Å². The van der Waals surface area contributed by atoms with Gasteiger partial charge in [0.05, 0.1) is 0 Å². The molecule has 1 aliphatic rings.